The van der Waals surface area contributed by atoms with Gasteiger partial charge < -0.3 is 15.8 Å². The molecule has 3 N–H and O–H groups in total. The van der Waals surface area contributed by atoms with E-state index in [-0.39, 0.29) is 5.78 Å². The van der Waals surface area contributed by atoms with Crippen LogP contribution in [0.5, 0.6) is 5.75 Å². The van der Waals surface area contributed by atoms with Gasteiger partial charge in [0, 0.05) is 17.4 Å². The van der Waals surface area contributed by atoms with Gasteiger partial charge in [-0.25, -0.2) is 9.97 Å². The highest BCUT2D eigenvalue weighted by molar-refractivity contribution is 7.19. The summed E-state index contributed by atoms with van der Waals surface area (Å²) in [6.45, 7) is 1.92. The quantitative estimate of drug-likeness (QED) is 0.333. The number of Topliss-reactive ketones (excluding diaryl/α,β-unsaturated/α-hetero) is 1. The first-order valence-electron chi connectivity index (χ1n) is 9.74. The summed E-state index contributed by atoms with van der Waals surface area (Å²) in [5.41, 5.74) is 10.00. The molecule has 0 aliphatic heterocycles. The number of thiazole rings is 2. The Bertz CT molecular complexity index is 1200. The van der Waals surface area contributed by atoms with Crippen LogP contribution in [0.3, 0.4) is 0 Å². The number of hydrogen-bond acceptors (Lipinski definition) is 8. The average molecular weight is 451 g/mol. The minimum atomic E-state index is 0.0881. The van der Waals surface area contributed by atoms with Crippen molar-refractivity contribution in [3.63, 3.8) is 0 Å². The fourth-order valence-electron chi connectivity index (χ4n) is 3.23. The molecule has 8 heteroatoms. The lowest BCUT2D eigenvalue weighted by molar-refractivity contribution is 0.0983. The minimum absolute atomic E-state index is 0.0881. The molecule has 4 aromatic rings. The van der Waals surface area contributed by atoms with Crippen LogP contribution in [0.1, 0.15) is 28.0 Å². The van der Waals surface area contributed by atoms with Gasteiger partial charge in [0.25, 0.3) is 0 Å². The molecule has 0 saturated heterocycles. The lowest BCUT2D eigenvalue weighted by Gasteiger charge is -2.11. The van der Waals surface area contributed by atoms with Crippen LogP contribution in [0.15, 0.2) is 53.9 Å². The number of hydrogen-bond donors (Lipinski definition) is 2. The van der Waals surface area contributed by atoms with Crippen molar-refractivity contribution < 1.29 is 9.53 Å². The number of nitrogens with one attached hydrogen (secondary N) is 1. The lowest BCUT2D eigenvalue weighted by atomic mass is 10.0. The SMILES string of the molecule is COc1ccc(C(=O)CCc2ccccc2)cc1Nc1nc(-c2sc(N)nc2C)cs1. The second-order valence-electron chi connectivity index (χ2n) is 6.95. The number of aromatic nitrogens is 2. The lowest BCUT2D eigenvalue weighted by Crippen LogP contribution is -2.03. The zero-order valence-electron chi connectivity index (χ0n) is 17.2. The van der Waals surface area contributed by atoms with Gasteiger partial charge >= 0.3 is 0 Å². The average Bonchev–Trinajstić information content (AvgIpc) is 3.38. The maximum absolute atomic E-state index is 12.8. The molecule has 0 fully saturated rings. The monoisotopic (exact) mass is 450 g/mol. The number of benzene rings is 2. The number of carbonyl (C=O) groups is 1. The first kappa shape index (κ1) is 21.0. The van der Waals surface area contributed by atoms with Crippen LogP contribution in [0.4, 0.5) is 16.0 Å². The zero-order chi connectivity index (χ0) is 21.8. The van der Waals surface area contributed by atoms with Gasteiger partial charge in [-0.2, -0.15) is 0 Å². The number of ketones is 1. The number of rotatable bonds is 8. The topological polar surface area (TPSA) is 90.1 Å². The molecular weight excluding hydrogens is 428 g/mol. The summed E-state index contributed by atoms with van der Waals surface area (Å²) in [6, 6.07) is 15.4. The maximum Gasteiger partial charge on any atom is 0.187 e. The van der Waals surface area contributed by atoms with Crippen molar-refractivity contribution in [3.8, 4) is 16.3 Å². The van der Waals surface area contributed by atoms with Crippen molar-refractivity contribution in [3.05, 3.63) is 70.7 Å². The van der Waals surface area contributed by atoms with E-state index in [9.17, 15) is 4.79 Å². The Balaban J connectivity index is 1.51. The molecule has 0 aliphatic rings. The van der Waals surface area contributed by atoms with Gasteiger partial charge in [-0.3, -0.25) is 4.79 Å². The Kier molecular flexibility index (Phi) is 6.29. The fraction of sp³-hybridized carbons (Fsp3) is 0.174. The number of nitrogens with zero attached hydrogens (tertiary/aromatic N) is 2. The summed E-state index contributed by atoms with van der Waals surface area (Å²) >= 11 is 2.89. The van der Waals surface area contributed by atoms with E-state index in [0.29, 0.717) is 40.1 Å². The van der Waals surface area contributed by atoms with Crippen LogP contribution in [0.2, 0.25) is 0 Å². The molecule has 0 atom stereocenters. The normalized spacial score (nSPS) is 10.8. The van der Waals surface area contributed by atoms with Gasteiger partial charge in [0.1, 0.15) is 5.75 Å². The molecule has 0 aliphatic carbocycles. The number of methoxy groups -OCH3 is 1. The van der Waals surface area contributed by atoms with E-state index in [1.54, 1.807) is 19.2 Å². The van der Waals surface area contributed by atoms with Gasteiger partial charge in [-0.1, -0.05) is 41.7 Å². The summed E-state index contributed by atoms with van der Waals surface area (Å²) in [6.07, 6.45) is 1.16. The first-order valence-corrected chi connectivity index (χ1v) is 11.4. The number of anilines is 3. The van der Waals surface area contributed by atoms with Gasteiger partial charge in [0.15, 0.2) is 16.0 Å². The molecule has 4 rings (SSSR count). The zero-order valence-corrected chi connectivity index (χ0v) is 18.8. The molecule has 0 spiro atoms. The Hall–Kier alpha value is -3.23. The second-order valence-corrected chi connectivity index (χ2v) is 8.84. The van der Waals surface area contributed by atoms with E-state index in [0.717, 1.165) is 21.8 Å². The van der Waals surface area contributed by atoms with E-state index >= 15 is 0 Å². The largest absolute Gasteiger partial charge is 0.495 e. The third kappa shape index (κ3) is 4.92. The highest BCUT2D eigenvalue weighted by Gasteiger charge is 2.15. The summed E-state index contributed by atoms with van der Waals surface area (Å²) in [5, 5.41) is 6.48. The molecule has 0 amide bonds. The molecule has 2 aromatic heterocycles. The van der Waals surface area contributed by atoms with Gasteiger partial charge in [-0.05, 0) is 37.1 Å². The molecule has 158 valence electrons. The second kappa shape index (κ2) is 9.28. The van der Waals surface area contributed by atoms with Crippen molar-refractivity contribution >= 4 is 44.4 Å². The van der Waals surface area contributed by atoms with E-state index in [1.165, 1.54) is 22.7 Å². The molecule has 2 aromatic carbocycles. The highest BCUT2D eigenvalue weighted by atomic mass is 32.1. The molecule has 0 saturated carbocycles. The number of aryl methyl sites for hydroxylation is 2. The first-order chi connectivity index (χ1) is 15.0. The van der Waals surface area contributed by atoms with Crippen LogP contribution in [0.25, 0.3) is 10.6 Å². The number of ether oxygens (including phenoxy) is 1. The highest BCUT2D eigenvalue weighted by Crippen LogP contribution is 2.36. The van der Waals surface area contributed by atoms with Crippen LogP contribution in [0, 0.1) is 6.92 Å². The summed E-state index contributed by atoms with van der Waals surface area (Å²) < 4.78 is 5.47. The third-order valence-corrected chi connectivity index (χ3v) is 6.56. The van der Waals surface area contributed by atoms with Crippen molar-refractivity contribution in [1.82, 2.24) is 9.97 Å². The van der Waals surface area contributed by atoms with Gasteiger partial charge in [0.05, 0.1) is 29.1 Å². The van der Waals surface area contributed by atoms with Crippen molar-refractivity contribution in [2.75, 3.05) is 18.2 Å². The molecule has 0 unspecified atom stereocenters. The van der Waals surface area contributed by atoms with Crippen LogP contribution >= 0.6 is 22.7 Å². The summed E-state index contributed by atoms with van der Waals surface area (Å²) in [4.78, 5) is 22.6. The number of nitrogen functional groups attached to an aromatic ring is 1. The number of carbonyl (C=O) groups excluding carboxylic acids is 1. The van der Waals surface area contributed by atoms with Crippen LogP contribution in [-0.2, 0) is 6.42 Å². The number of nitrogens with two attached hydrogens (primary N) is 1. The predicted octanol–water partition coefficient (Wildman–Crippen LogP) is 5.72. The van der Waals surface area contributed by atoms with Crippen molar-refractivity contribution in [1.29, 1.82) is 0 Å². The van der Waals surface area contributed by atoms with Crippen molar-refractivity contribution in [2.45, 2.75) is 19.8 Å². The molecule has 0 radical (unpaired) electrons. The van der Waals surface area contributed by atoms with Gasteiger partial charge in [0.2, 0.25) is 0 Å². The maximum atomic E-state index is 12.8. The minimum Gasteiger partial charge on any atom is -0.495 e. The summed E-state index contributed by atoms with van der Waals surface area (Å²) in [7, 11) is 1.61. The van der Waals surface area contributed by atoms with Gasteiger partial charge in [-0.15, -0.1) is 11.3 Å². The summed E-state index contributed by atoms with van der Waals surface area (Å²) in [5.74, 6) is 0.736. The molecule has 6 nitrogen and oxygen atoms in total. The Morgan fingerprint density at radius 3 is 2.68 bits per heavy atom. The smallest absolute Gasteiger partial charge is 0.187 e. The van der Waals surface area contributed by atoms with E-state index in [2.05, 4.69) is 15.3 Å². The molecule has 0 bridgehead atoms. The fourth-order valence-corrected chi connectivity index (χ4v) is 4.81. The molecular formula is C23H22N4O2S2. The van der Waals surface area contributed by atoms with Crippen LogP contribution < -0.4 is 15.8 Å². The standard InChI is InChI=1S/C23H22N4O2S2/c1-14-21(31-22(24)25-14)18-13-30-23(27-18)26-17-12-16(9-11-20(17)29-2)19(28)10-8-15-6-4-3-5-7-15/h3-7,9,11-13H,8,10H2,1-2H3,(H2,24,25)(H,26,27). The Morgan fingerprint density at radius 2 is 1.97 bits per heavy atom. The van der Waals surface area contributed by atoms with Crippen molar-refractivity contribution in [2.24, 2.45) is 0 Å². The third-order valence-electron chi connectivity index (χ3n) is 4.80. The predicted molar refractivity (Wildman–Crippen MR) is 128 cm³/mol. The van der Waals surface area contributed by atoms with E-state index in [4.69, 9.17) is 10.5 Å². The molecule has 31 heavy (non-hydrogen) atoms. The Morgan fingerprint density at radius 1 is 1.16 bits per heavy atom. The Labute approximate surface area is 188 Å². The van der Waals surface area contributed by atoms with E-state index in [1.807, 2.05) is 48.7 Å². The molecule has 2 heterocycles. The van der Waals surface area contributed by atoms with E-state index < -0.39 is 0 Å². The van der Waals surface area contributed by atoms with Crippen LogP contribution in [-0.4, -0.2) is 22.9 Å².